The molecule has 0 aromatic rings. The molecule has 0 aliphatic heterocycles. The van der Waals surface area contributed by atoms with Crippen LogP contribution in [0.15, 0.2) is 0 Å². The predicted octanol–water partition coefficient (Wildman–Crippen LogP) is 3.68. The van der Waals surface area contributed by atoms with E-state index in [9.17, 15) is 4.79 Å². The molecule has 0 aliphatic carbocycles. The summed E-state index contributed by atoms with van der Waals surface area (Å²) in [4.78, 5) is 17.0. The lowest BCUT2D eigenvalue weighted by molar-refractivity contribution is -1.09. The van der Waals surface area contributed by atoms with Crippen LogP contribution in [0.1, 0.15) is 66.2 Å². The van der Waals surface area contributed by atoms with E-state index in [-0.39, 0.29) is 5.97 Å². The van der Waals surface area contributed by atoms with E-state index in [4.69, 9.17) is 4.84 Å². The summed E-state index contributed by atoms with van der Waals surface area (Å²) in [5, 5.41) is 0. The molecule has 0 aromatic heterocycles. The minimum Gasteiger partial charge on any atom is -0.0867 e. The lowest BCUT2D eigenvalue weighted by Crippen LogP contribution is -2.51. The lowest BCUT2D eigenvalue weighted by Gasteiger charge is -2.27. The molecule has 0 saturated carbocycles. The van der Waals surface area contributed by atoms with Crippen molar-refractivity contribution in [2.24, 2.45) is 0 Å². The first-order valence-corrected chi connectivity index (χ1v) is 7.16. The third-order valence-electron chi connectivity index (χ3n) is 3.08. The summed E-state index contributed by atoms with van der Waals surface area (Å²) in [5.74, 6) is -0.145. The zero-order chi connectivity index (χ0) is 13.1. The smallest absolute Gasteiger partial charge is 0.0867 e. The third-order valence-corrected chi connectivity index (χ3v) is 3.08. The molecule has 0 rings (SSSR count). The van der Waals surface area contributed by atoms with Crippen molar-refractivity contribution in [3.05, 3.63) is 0 Å². The second-order valence-corrected chi connectivity index (χ2v) is 4.87. The maximum Gasteiger partial charge on any atom is 0.635 e. The van der Waals surface area contributed by atoms with Crippen molar-refractivity contribution in [3.8, 4) is 0 Å². The van der Waals surface area contributed by atoms with Gasteiger partial charge < -0.3 is 0 Å². The van der Waals surface area contributed by atoms with Crippen LogP contribution >= 0.6 is 0 Å². The Morgan fingerprint density at radius 2 is 1.24 bits per heavy atom. The normalized spacial score (nSPS) is 11.5. The van der Waals surface area contributed by atoms with Crippen molar-refractivity contribution in [2.45, 2.75) is 66.2 Å². The molecule has 0 spiro atoms. The molecule has 0 atom stereocenters. The summed E-state index contributed by atoms with van der Waals surface area (Å²) in [7, 11) is 0. The topological polar surface area (TPSA) is 29.1 Å². The molecule has 0 bridgehead atoms. The molecule has 0 aliphatic rings. The summed E-state index contributed by atoms with van der Waals surface area (Å²) >= 11 is 0. The van der Waals surface area contributed by atoms with Gasteiger partial charge in [0.25, 0.3) is 0 Å². The maximum absolute atomic E-state index is 11.3. The number of carbonyl (C=O) groups excluding carboxylic acids is 1. The van der Waals surface area contributed by atoms with Crippen molar-refractivity contribution >= 4 is 5.97 Å². The van der Waals surface area contributed by atoms with Gasteiger partial charge in [-0.05, 0) is 0 Å². The van der Waals surface area contributed by atoms with E-state index in [0.29, 0.717) is 4.65 Å². The Labute approximate surface area is 107 Å². The highest BCUT2D eigenvalue weighted by atomic mass is 16.7. The van der Waals surface area contributed by atoms with E-state index in [1.165, 1.54) is 6.92 Å². The van der Waals surface area contributed by atoms with E-state index in [1.54, 1.807) is 0 Å². The SMILES string of the molecule is CCCC[N+](CCCC)(CCCC)OC(C)=[O+]. The van der Waals surface area contributed by atoms with Crippen LogP contribution in [0.3, 0.4) is 0 Å². The van der Waals surface area contributed by atoms with E-state index in [0.717, 1.165) is 58.2 Å². The predicted molar refractivity (Wildman–Crippen MR) is 71.4 cm³/mol. The average Bonchev–Trinajstić information content (AvgIpc) is 2.30. The zero-order valence-corrected chi connectivity index (χ0v) is 12.1. The molecule has 0 amide bonds. The van der Waals surface area contributed by atoms with Crippen LogP contribution in [0, 0.1) is 0 Å². The summed E-state index contributed by atoms with van der Waals surface area (Å²) in [6, 6.07) is 0. The molecular formula is C14H30NO2+2. The molecule has 0 heterocycles. The van der Waals surface area contributed by atoms with Crippen LogP contribution in [-0.4, -0.2) is 30.2 Å². The Morgan fingerprint density at radius 1 is 0.882 bits per heavy atom. The molecule has 0 aromatic carbocycles. The van der Waals surface area contributed by atoms with E-state index in [2.05, 4.69) is 20.8 Å². The number of quaternary nitrogens is 1. The zero-order valence-electron chi connectivity index (χ0n) is 12.1. The standard InChI is InChI=1S/C14H30NO2/c1-5-8-11-15(12-9-6-2,13-10-7-3)17-14(4)16/h5-13H2,1-4H3/q+2. The Balaban J connectivity index is 4.56. The first kappa shape index (κ1) is 16.4. The highest BCUT2D eigenvalue weighted by Gasteiger charge is 2.38. The molecule has 1 radical (unpaired) electrons. The van der Waals surface area contributed by atoms with Crippen LogP contribution in [-0.2, 0) is 9.63 Å². The van der Waals surface area contributed by atoms with Crippen LogP contribution in [0.2, 0.25) is 0 Å². The van der Waals surface area contributed by atoms with E-state index < -0.39 is 0 Å². The first-order chi connectivity index (χ1) is 8.10. The molecule has 17 heavy (non-hydrogen) atoms. The van der Waals surface area contributed by atoms with Gasteiger partial charge >= 0.3 is 5.97 Å². The van der Waals surface area contributed by atoms with Crippen LogP contribution in [0.25, 0.3) is 0 Å². The van der Waals surface area contributed by atoms with Crippen molar-refractivity contribution in [1.29, 1.82) is 0 Å². The van der Waals surface area contributed by atoms with E-state index >= 15 is 0 Å². The molecule has 3 heteroatoms. The molecule has 0 fully saturated rings. The number of carbonyl (C=O) groups is 1. The van der Waals surface area contributed by atoms with Crippen molar-refractivity contribution in [2.75, 3.05) is 19.6 Å². The Bertz CT molecular complexity index is 183. The number of nitrogens with zero attached hydrogens (tertiary/aromatic N) is 1. The molecular weight excluding hydrogens is 214 g/mol. The van der Waals surface area contributed by atoms with Gasteiger partial charge in [0.2, 0.25) is 0 Å². The first-order valence-electron chi connectivity index (χ1n) is 7.16. The number of hydroxylamine groups is 3. The largest absolute Gasteiger partial charge is 0.635 e. The number of hydrogen-bond donors (Lipinski definition) is 0. The Hall–Kier alpha value is -0.570. The van der Waals surface area contributed by atoms with Crippen molar-refractivity contribution in [3.63, 3.8) is 0 Å². The monoisotopic (exact) mass is 244 g/mol. The molecule has 0 N–H and O–H groups in total. The summed E-state index contributed by atoms with van der Waals surface area (Å²) in [5.41, 5.74) is 0. The number of hydrogen-bond acceptors (Lipinski definition) is 2. The molecule has 0 saturated heterocycles. The quantitative estimate of drug-likeness (QED) is 0.333. The van der Waals surface area contributed by atoms with Crippen molar-refractivity contribution < 1.29 is 14.3 Å². The van der Waals surface area contributed by atoms with Gasteiger partial charge in [-0.25, -0.2) is 0 Å². The molecule has 101 valence electrons. The van der Waals surface area contributed by atoms with Gasteiger partial charge in [-0.3, -0.25) is 0 Å². The van der Waals surface area contributed by atoms with Crippen LogP contribution in [0.4, 0.5) is 0 Å². The highest BCUT2D eigenvalue weighted by molar-refractivity contribution is 5.65. The van der Waals surface area contributed by atoms with Gasteiger partial charge in [0.05, 0.1) is 4.79 Å². The van der Waals surface area contributed by atoms with Gasteiger partial charge in [0.1, 0.15) is 26.6 Å². The fourth-order valence-corrected chi connectivity index (χ4v) is 2.08. The molecule has 0 unspecified atom stereocenters. The Kier molecular flexibility index (Phi) is 9.14. The fraction of sp³-hybridized carbons (Fsp3) is 0.929. The van der Waals surface area contributed by atoms with Gasteiger partial charge in [-0.1, -0.05) is 49.5 Å². The third kappa shape index (κ3) is 7.37. The fourth-order valence-electron chi connectivity index (χ4n) is 2.08. The van der Waals surface area contributed by atoms with Gasteiger partial charge in [0.15, 0.2) is 0 Å². The van der Waals surface area contributed by atoms with Crippen LogP contribution in [0.5, 0.6) is 0 Å². The summed E-state index contributed by atoms with van der Waals surface area (Å²) < 4.78 is 0.546. The van der Waals surface area contributed by atoms with Gasteiger partial charge in [-0.15, -0.1) is 0 Å². The maximum atomic E-state index is 11.3. The minimum atomic E-state index is -0.145. The number of rotatable bonds is 10. The van der Waals surface area contributed by atoms with Crippen molar-refractivity contribution in [1.82, 2.24) is 0 Å². The van der Waals surface area contributed by atoms with E-state index in [1.807, 2.05) is 0 Å². The van der Waals surface area contributed by atoms with Gasteiger partial charge in [0, 0.05) is 19.3 Å². The molecule has 3 nitrogen and oxygen atoms in total. The average molecular weight is 244 g/mol. The number of unbranched alkanes of at least 4 members (excludes halogenated alkanes) is 3. The highest BCUT2D eigenvalue weighted by Crippen LogP contribution is 2.16. The second-order valence-electron chi connectivity index (χ2n) is 4.87. The lowest BCUT2D eigenvalue weighted by atomic mass is 10.2. The Morgan fingerprint density at radius 3 is 1.47 bits per heavy atom. The van der Waals surface area contributed by atoms with Crippen LogP contribution < -0.4 is 0 Å². The summed E-state index contributed by atoms with van der Waals surface area (Å²) in [6.45, 7) is 11.0. The summed E-state index contributed by atoms with van der Waals surface area (Å²) in [6.07, 6.45) is 6.83. The minimum absolute atomic E-state index is 0.145. The van der Waals surface area contributed by atoms with Gasteiger partial charge in [-0.2, -0.15) is 0 Å². The second kappa shape index (κ2) is 9.46.